The number of aromatic carboxylic acids is 1. The minimum Gasteiger partial charge on any atom is -0.477 e. The monoisotopic (exact) mass is 231 g/mol. The molecular weight excluding hydrogens is 218 g/mol. The van der Waals surface area contributed by atoms with Gasteiger partial charge >= 0.3 is 5.97 Å². The van der Waals surface area contributed by atoms with E-state index in [4.69, 9.17) is 5.11 Å². The SMILES string of the molecule is CN(C)c1ccccc1-c1cc(C(=O)O)[nH]n1. The van der Waals surface area contributed by atoms with E-state index in [1.54, 1.807) is 0 Å². The van der Waals surface area contributed by atoms with Crippen LogP contribution in [0.3, 0.4) is 0 Å². The largest absolute Gasteiger partial charge is 0.477 e. The van der Waals surface area contributed by atoms with Gasteiger partial charge in [-0.25, -0.2) is 4.79 Å². The first-order valence-electron chi connectivity index (χ1n) is 5.15. The quantitative estimate of drug-likeness (QED) is 0.845. The Morgan fingerprint density at radius 1 is 1.35 bits per heavy atom. The second kappa shape index (κ2) is 4.29. The van der Waals surface area contributed by atoms with Crippen LogP contribution in [0, 0.1) is 0 Å². The molecule has 1 heterocycles. The summed E-state index contributed by atoms with van der Waals surface area (Å²) in [5.74, 6) is -1.01. The molecule has 0 aliphatic carbocycles. The molecule has 0 spiro atoms. The lowest BCUT2D eigenvalue weighted by Gasteiger charge is -2.15. The molecule has 1 aromatic heterocycles. The summed E-state index contributed by atoms with van der Waals surface area (Å²) in [5.41, 5.74) is 2.62. The number of aromatic amines is 1. The average Bonchev–Trinajstić information content (AvgIpc) is 2.78. The number of nitrogens with one attached hydrogen (secondary N) is 1. The molecule has 0 radical (unpaired) electrons. The van der Waals surface area contributed by atoms with Crippen LogP contribution in [0.15, 0.2) is 30.3 Å². The number of anilines is 1. The molecule has 2 N–H and O–H groups in total. The van der Waals surface area contributed by atoms with Gasteiger partial charge in [0.25, 0.3) is 0 Å². The number of carboxylic acids is 1. The van der Waals surface area contributed by atoms with E-state index < -0.39 is 5.97 Å². The van der Waals surface area contributed by atoms with Crippen molar-refractivity contribution in [3.05, 3.63) is 36.0 Å². The van der Waals surface area contributed by atoms with Gasteiger partial charge in [0.2, 0.25) is 0 Å². The fraction of sp³-hybridized carbons (Fsp3) is 0.167. The van der Waals surface area contributed by atoms with Gasteiger partial charge in [-0.3, -0.25) is 5.10 Å². The number of hydrogen-bond donors (Lipinski definition) is 2. The summed E-state index contributed by atoms with van der Waals surface area (Å²) in [6.07, 6.45) is 0. The maximum absolute atomic E-state index is 10.8. The topological polar surface area (TPSA) is 69.2 Å². The first kappa shape index (κ1) is 11.2. The molecule has 17 heavy (non-hydrogen) atoms. The number of aromatic nitrogens is 2. The van der Waals surface area contributed by atoms with Crippen LogP contribution in [0.5, 0.6) is 0 Å². The Morgan fingerprint density at radius 3 is 2.65 bits per heavy atom. The van der Waals surface area contributed by atoms with Crippen molar-refractivity contribution in [2.24, 2.45) is 0 Å². The van der Waals surface area contributed by atoms with Gasteiger partial charge in [0, 0.05) is 25.3 Å². The standard InChI is InChI=1S/C12H13N3O2/c1-15(2)11-6-4-3-5-8(11)9-7-10(12(16)17)14-13-9/h3-7H,1-2H3,(H,13,14)(H,16,17). The van der Waals surface area contributed by atoms with E-state index in [0.29, 0.717) is 5.69 Å². The molecule has 1 aromatic carbocycles. The molecule has 0 unspecified atom stereocenters. The van der Waals surface area contributed by atoms with Crippen LogP contribution in [-0.2, 0) is 0 Å². The Labute approximate surface area is 98.7 Å². The highest BCUT2D eigenvalue weighted by atomic mass is 16.4. The molecule has 5 nitrogen and oxygen atoms in total. The summed E-state index contributed by atoms with van der Waals surface area (Å²) in [6, 6.07) is 9.24. The van der Waals surface area contributed by atoms with E-state index >= 15 is 0 Å². The van der Waals surface area contributed by atoms with Crippen LogP contribution in [0.25, 0.3) is 11.3 Å². The molecule has 2 rings (SSSR count). The normalized spacial score (nSPS) is 10.2. The highest BCUT2D eigenvalue weighted by molar-refractivity contribution is 5.88. The van der Waals surface area contributed by atoms with Gasteiger partial charge in [-0.1, -0.05) is 18.2 Å². The first-order valence-corrected chi connectivity index (χ1v) is 5.15. The van der Waals surface area contributed by atoms with Crippen LogP contribution in [0.1, 0.15) is 10.5 Å². The third-order valence-corrected chi connectivity index (χ3v) is 2.47. The van der Waals surface area contributed by atoms with E-state index in [-0.39, 0.29) is 5.69 Å². The summed E-state index contributed by atoms with van der Waals surface area (Å²) in [5, 5.41) is 15.4. The Bertz CT molecular complexity index is 546. The van der Waals surface area contributed by atoms with E-state index in [0.717, 1.165) is 11.3 Å². The zero-order chi connectivity index (χ0) is 12.4. The highest BCUT2D eigenvalue weighted by Gasteiger charge is 2.12. The van der Waals surface area contributed by atoms with Gasteiger partial charge < -0.3 is 10.0 Å². The Morgan fingerprint density at radius 2 is 2.06 bits per heavy atom. The first-order chi connectivity index (χ1) is 8.09. The van der Waals surface area contributed by atoms with Crippen molar-refractivity contribution in [1.82, 2.24) is 10.2 Å². The lowest BCUT2D eigenvalue weighted by molar-refractivity contribution is 0.0690. The molecule has 0 aliphatic rings. The zero-order valence-electron chi connectivity index (χ0n) is 9.64. The van der Waals surface area contributed by atoms with Crippen LogP contribution < -0.4 is 4.90 Å². The molecule has 0 aliphatic heterocycles. The fourth-order valence-corrected chi connectivity index (χ4v) is 1.65. The van der Waals surface area contributed by atoms with Crippen molar-refractivity contribution in [2.75, 3.05) is 19.0 Å². The number of rotatable bonds is 3. The van der Waals surface area contributed by atoms with E-state index in [1.807, 2.05) is 43.3 Å². The maximum atomic E-state index is 10.8. The number of benzene rings is 1. The van der Waals surface area contributed by atoms with Crippen LogP contribution in [-0.4, -0.2) is 35.4 Å². The zero-order valence-corrected chi connectivity index (χ0v) is 9.64. The van der Waals surface area contributed by atoms with Gasteiger partial charge in [0.15, 0.2) is 0 Å². The summed E-state index contributed by atoms with van der Waals surface area (Å²) in [6.45, 7) is 0. The van der Waals surface area contributed by atoms with Gasteiger partial charge in [-0.2, -0.15) is 5.10 Å². The average molecular weight is 231 g/mol. The molecule has 0 bridgehead atoms. The van der Waals surface area contributed by atoms with Crippen molar-refractivity contribution in [2.45, 2.75) is 0 Å². The predicted octanol–water partition coefficient (Wildman–Crippen LogP) is 1.84. The van der Waals surface area contributed by atoms with Gasteiger partial charge in [0.05, 0.1) is 5.69 Å². The summed E-state index contributed by atoms with van der Waals surface area (Å²) < 4.78 is 0. The van der Waals surface area contributed by atoms with Crippen molar-refractivity contribution < 1.29 is 9.90 Å². The smallest absolute Gasteiger partial charge is 0.353 e. The van der Waals surface area contributed by atoms with Gasteiger partial charge in [-0.15, -0.1) is 0 Å². The molecule has 88 valence electrons. The number of carboxylic acid groups (broad SMARTS) is 1. The van der Waals surface area contributed by atoms with Gasteiger partial charge in [0.1, 0.15) is 5.69 Å². The summed E-state index contributed by atoms with van der Waals surface area (Å²) >= 11 is 0. The molecule has 0 saturated heterocycles. The number of hydrogen-bond acceptors (Lipinski definition) is 3. The second-order valence-corrected chi connectivity index (χ2v) is 3.88. The highest BCUT2D eigenvalue weighted by Crippen LogP contribution is 2.28. The fourth-order valence-electron chi connectivity index (χ4n) is 1.65. The number of carbonyl (C=O) groups is 1. The van der Waals surface area contributed by atoms with Crippen molar-refractivity contribution in [3.8, 4) is 11.3 Å². The molecular formula is C12H13N3O2. The van der Waals surface area contributed by atoms with Crippen LogP contribution >= 0.6 is 0 Å². The van der Waals surface area contributed by atoms with E-state index in [9.17, 15) is 4.79 Å². The molecule has 0 saturated carbocycles. The summed E-state index contributed by atoms with van der Waals surface area (Å²) in [7, 11) is 3.87. The lowest BCUT2D eigenvalue weighted by Crippen LogP contribution is -2.09. The number of para-hydroxylation sites is 1. The van der Waals surface area contributed by atoms with Crippen molar-refractivity contribution >= 4 is 11.7 Å². The molecule has 0 amide bonds. The predicted molar refractivity (Wildman–Crippen MR) is 65.3 cm³/mol. The molecule has 0 atom stereocenters. The maximum Gasteiger partial charge on any atom is 0.353 e. The lowest BCUT2D eigenvalue weighted by atomic mass is 10.1. The van der Waals surface area contributed by atoms with Crippen LogP contribution in [0.4, 0.5) is 5.69 Å². The second-order valence-electron chi connectivity index (χ2n) is 3.88. The summed E-state index contributed by atoms with van der Waals surface area (Å²) in [4.78, 5) is 12.7. The van der Waals surface area contributed by atoms with Gasteiger partial charge in [-0.05, 0) is 12.1 Å². The third kappa shape index (κ3) is 2.13. The molecule has 0 fully saturated rings. The Kier molecular flexibility index (Phi) is 2.82. The van der Waals surface area contributed by atoms with E-state index in [1.165, 1.54) is 6.07 Å². The number of nitrogens with zero attached hydrogens (tertiary/aromatic N) is 2. The molecule has 5 heteroatoms. The van der Waals surface area contributed by atoms with E-state index in [2.05, 4.69) is 10.2 Å². The number of H-pyrrole nitrogens is 1. The minimum absolute atomic E-state index is 0.0913. The Hall–Kier alpha value is -2.30. The Balaban J connectivity index is 2.48. The third-order valence-electron chi connectivity index (χ3n) is 2.47. The van der Waals surface area contributed by atoms with Crippen molar-refractivity contribution in [3.63, 3.8) is 0 Å². The molecule has 2 aromatic rings. The minimum atomic E-state index is -1.01. The van der Waals surface area contributed by atoms with Crippen molar-refractivity contribution in [1.29, 1.82) is 0 Å². The van der Waals surface area contributed by atoms with Crippen LogP contribution in [0.2, 0.25) is 0 Å².